The molecule has 0 saturated carbocycles. The van der Waals surface area contributed by atoms with Crippen molar-refractivity contribution in [1.29, 1.82) is 0 Å². The number of carbonyl (C=O) groups excluding carboxylic acids is 2. The molecule has 1 aromatic carbocycles. The van der Waals surface area contributed by atoms with Gasteiger partial charge in [0.15, 0.2) is 0 Å². The Morgan fingerprint density at radius 1 is 1.22 bits per heavy atom. The molecule has 1 unspecified atom stereocenters. The number of nitrogens with one attached hydrogen (secondary N) is 1. The fraction of sp³-hybridized carbons (Fsp3) is 0.545. The number of amides is 2. The molecule has 0 bridgehead atoms. The van der Waals surface area contributed by atoms with Gasteiger partial charge in [0.1, 0.15) is 5.60 Å². The lowest BCUT2D eigenvalue weighted by molar-refractivity contribution is -0.112. The van der Waals surface area contributed by atoms with Gasteiger partial charge in [-0.15, -0.1) is 0 Å². The summed E-state index contributed by atoms with van der Waals surface area (Å²) in [5.41, 5.74) is 0.196. The molecular formula is C22H29ClF2N2O4S. The average molecular weight is 491 g/mol. The molecule has 1 aliphatic heterocycles. The summed E-state index contributed by atoms with van der Waals surface area (Å²) >= 11 is 6.11. The van der Waals surface area contributed by atoms with Crippen molar-refractivity contribution in [3.8, 4) is 0 Å². The highest BCUT2D eigenvalue weighted by atomic mass is 35.5. The largest absolute Gasteiger partial charge is 0.443 e. The zero-order valence-corrected chi connectivity index (χ0v) is 20.8. The SMILES string of the molecule is C/C(C[C@H](NS(=O)C(C)(C)C)C(F)F)=C1/C(=O)N(C(=O)OC(C)(C)C)c2ccc(Cl)cc21. The lowest BCUT2D eigenvalue weighted by atomic mass is 9.97. The number of anilines is 1. The van der Waals surface area contributed by atoms with Crippen molar-refractivity contribution in [1.82, 2.24) is 4.72 Å². The second kappa shape index (κ2) is 9.57. The van der Waals surface area contributed by atoms with Crippen LogP contribution in [0.1, 0.15) is 60.5 Å². The van der Waals surface area contributed by atoms with Crippen molar-refractivity contribution in [2.75, 3.05) is 4.90 Å². The molecule has 1 heterocycles. The van der Waals surface area contributed by atoms with E-state index in [1.165, 1.54) is 25.1 Å². The van der Waals surface area contributed by atoms with Crippen LogP contribution in [-0.2, 0) is 20.5 Å². The van der Waals surface area contributed by atoms with Crippen LogP contribution in [0.5, 0.6) is 0 Å². The van der Waals surface area contributed by atoms with Gasteiger partial charge < -0.3 is 4.74 Å². The molecule has 1 aliphatic rings. The maximum atomic E-state index is 13.7. The van der Waals surface area contributed by atoms with Crippen molar-refractivity contribution in [3.63, 3.8) is 0 Å². The number of ether oxygens (including phenoxy) is 1. The number of halogens is 3. The van der Waals surface area contributed by atoms with Gasteiger partial charge in [-0.1, -0.05) is 17.2 Å². The molecule has 6 nitrogen and oxygen atoms in total. The molecule has 32 heavy (non-hydrogen) atoms. The van der Waals surface area contributed by atoms with Crippen LogP contribution in [0.3, 0.4) is 0 Å². The van der Waals surface area contributed by atoms with Crippen LogP contribution in [0.2, 0.25) is 5.02 Å². The summed E-state index contributed by atoms with van der Waals surface area (Å²) in [7, 11) is -1.73. The third-order valence-corrected chi connectivity index (χ3v) is 6.40. The predicted octanol–water partition coefficient (Wildman–Crippen LogP) is 5.47. The topological polar surface area (TPSA) is 75.7 Å². The number of alkyl halides is 2. The lowest BCUT2D eigenvalue weighted by Crippen LogP contribution is -2.43. The second-order valence-electron chi connectivity index (χ2n) is 9.58. The maximum Gasteiger partial charge on any atom is 0.422 e. The number of fused-ring (bicyclic) bond motifs is 1. The maximum absolute atomic E-state index is 13.7. The Hall–Kier alpha value is -1.84. The van der Waals surface area contributed by atoms with E-state index in [-0.39, 0.29) is 17.7 Å². The fourth-order valence-corrected chi connectivity index (χ4v) is 4.06. The molecule has 1 aromatic rings. The van der Waals surface area contributed by atoms with Crippen molar-refractivity contribution < 1.29 is 27.3 Å². The highest BCUT2D eigenvalue weighted by Gasteiger charge is 2.41. The third-order valence-electron chi connectivity index (χ3n) is 4.53. The van der Waals surface area contributed by atoms with E-state index in [2.05, 4.69) is 4.72 Å². The van der Waals surface area contributed by atoms with Crippen molar-refractivity contribution >= 4 is 45.8 Å². The molecular weight excluding hydrogens is 462 g/mol. The Labute approximate surface area is 194 Å². The molecule has 0 fully saturated rings. The van der Waals surface area contributed by atoms with Crippen LogP contribution < -0.4 is 9.62 Å². The molecule has 1 N–H and O–H groups in total. The van der Waals surface area contributed by atoms with Gasteiger partial charge in [-0.25, -0.2) is 27.4 Å². The quantitative estimate of drug-likeness (QED) is 0.555. The van der Waals surface area contributed by atoms with Crippen LogP contribution in [0.4, 0.5) is 19.3 Å². The van der Waals surface area contributed by atoms with Crippen molar-refractivity contribution in [2.45, 2.75) is 77.7 Å². The van der Waals surface area contributed by atoms with E-state index < -0.39 is 45.8 Å². The van der Waals surface area contributed by atoms with Gasteiger partial charge in [0.05, 0.1) is 27.5 Å². The molecule has 0 saturated heterocycles. The Morgan fingerprint density at radius 3 is 2.31 bits per heavy atom. The minimum atomic E-state index is -2.82. The van der Waals surface area contributed by atoms with Crippen molar-refractivity contribution in [3.05, 3.63) is 34.4 Å². The van der Waals surface area contributed by atoms with Gasteiger partial charge in [0, 0.05) is 16.2 Å². The number of imide groups is 1. The summed E-state index contributed by atoms with van der Waals surface area (Å²) in [6.45, 7) is 11.6. The Balaban J connectivity index is 2.48. The molecule has 10 heteroatoms. The number of hydrogen-bond acceptors (Lipinski definition) is 4. The van der Waals surface area contributed by atoms with Crippen LogP contribution in [0.25, 0.3) is 5.57 Å². The van der Waals surface area contributed by atoms with Gasteiger partial charge in [-0.3, -0.25) is 4.79 Å². The monoisotopic (exact) mass is 490 g/mol. The first-order valence-electron chi connectivity index (χ1n) is 10.1. The average Bonchev–Trinajstić information content (AvgIpc) is 2.89. The molecule has 0 radical (unpaired) electrons. The first-order chi connectivity index (χ1) is 14.5. The van der Waals surface area contributed by atoms with Crippen LogP contribution in [0.15, 0.2) is 23.8 Å². The number of hydrogen-bond donors (Lipinski definition) is 1. The molecule has 2 atom stereocenters. The molecule has 2 rings (SSSR count). The first-order valence-corrected chi connectivity index (χ1v) is 11.6. The summed E-state index contributed by atoms with van der Waals surface area (Å²) in [4.78, 5) is 26.8. The Kier molecular flexibility index (Phi) is 7.90. The van der Waals surface area contributed by atoms with Crippen LogP contribution in [0, 0.1) is 0 Å². The molecule has 2 amide bonds. The highest BCUT2D eigenvalue weighted by molar-refractivity contribution is 7.84. The zero-order valence-electron chi connectivity index (χ0n) is 19.2. The van der Waals surface area contributed by atoms with E-state index in [1.807, 2.05) is 0 Å². The minimum Gasteiger partial charge on any atom is -0.443 e. The molecule has 0 spiro atoms. The van der Waals surface area contributed by atoms with Gasteiger partial charge >= 0.3 is 6.09 Å². The van der Waals surface area contributed by atoms with Gasteiger partial charge in [-0.2, -0.15) is 0 Å². The summed E-state index contributed by atoms with van der Waals surface area (Å²) in [6.07, 6.45) is -3.95. The number of carbonyl (C=O) groups is 2. The summed E-state index contributed by atoms with van der Waals surface area (Å²) in [5.74, 6) is -0.682. The molecule has 0 aromatic heterocycles. The van der Waals surface area contributed by atoms with Gasteiger partial charge in [0.25, 0.3) is 12.3 Å². The lowest BCUT2D eigenvalue weighted by Gasteiger charge is -2.24. The molecule has 178 valence electrons. The van der Waals surface area contributed by atoms with Gasteiger partial charge in [0.2, 0.25) is 0 Å². The molecule has 0 aliphatic carbocycles. The Bertz CT molecular complexity index is 968. The van der Waals surface area contributed by atoms with E-state index in [9.17, 15) is 22.6 Å². The fourth-order valence-electron chi connectivity index (χ4n) is 3.07. The minimum absolute atomic E-state index is 0.0994. The van der Waals surface area contributed by atoms with Crippen molar-refractivity contribution in [2.24, 2.45) is 0 Å². The third kappa shape index (κ3) is 6.14. The van der Waals surface area contributed by atoms with Gasteiger partial charge in [-0.05, 0) is 73.1 Å². The number of rotatable bonds is 5. The zero-order chi connectivity index (χ0) is 24.6. The second-order valence-corrected chi connectivity index (χ2v) is 12.0. The van der Waals surface area contributed by atoms with E-state index in [0.29, 0.717) is 16.2 Å². The summed E-state index contributed by atoms with van der Waals surface area (Å²) in [5, 5.41) is 0.324. The number of benzene rings is 1. The van der Waals surface area contributed by atoms with Crippen LogP contribution in [-0.4, -0.2) is 39.0 Å². The Morgan fingerprint density at radius 2 is 1.81 bits per heavy atom. The van der Waals surface area contributed by atoms with E-state index in [1.54, 1.807) is 41.5 Å². The van der Waals surface area contributed by atoms with E-state index in [4.69, 9.17) is 16.3 Å². The van der Waals surface area contributed by atoms with Crippen LogP contribution >= 0.6 is 11.6 Å². The summed E-state index contributed by atoms with van der Waals surface area (Å²) in [6, 6.07) is 3.10. The predicted molar refractivity (Wildman–Crippen MR) is 123 cm³/mol. The summed E-state index contributed by atoms with van der Waals surface area (Å²) < 4.78 is 46.9. The standard InChI is InChI=1S/C22H29ClF2N2O4S/c1-12(10-15(18(24)25)26-32(30)22(5,6)7)17-14-11-13(23)8-9-16(14)27(19(17)28)20(29)31-21(2,3)4/h8-9,11,15,18,26H,10H2,1-7H3/b17-12-/t15-,32?/m0/s1. The van der Waals surface area contributed by atoms with E-state index in [0.717, 1.165) is 4.90 Å². The first kappa shape index (κ1) is 26.4. The van der Waals surface area contributed by atoms with E-state index >= 15 is 0 Å². The number of nitrogens with zero attached hydrogens (tertiary/aromatic N) is 1. The smallest absolute Gasteiger partial charge is 0.422 e. The highest BCUT2D eigenvalue weighted by Crippen LogP contribution is 2.41. The normalized spacial score (nSPS) is 18.0.